The van der Waals surface area contributed by atoms with Gasteiger partial charge in [0.05, 0.1) is 13.2 Å². The van der Waals surface area contributed by atoms with Crippen LogP contribution in [0, 0.1) is 5.92 Å². The maximum Gasteiger partial charge on any atom is 0.251 e. The van der Waals surface area contributed by atoms with Crippen molar-refractivity contribution in [1.82, 2.24) is 20.4 Å². The Bertz CT molecular complexity index is 1320. The Hall–Kier alpha value is -3.34. The number of piperazine rings is 1. The Morgan fingerprint density at radius 3 is 2.40 bits per heavy atom. The third-order valence-electron chi connectivity index (χ3n) is 9.61. The number of hydrogen-bond acceptors (Lipinski definition) is 7. The summed E-state index contributed by atoms with van der Waals surface area (Å²) < 4.78 is 11.5. The Kier molecular flexibility index (Phi) is 11.7. The fraction of sp³-hybridized carbons (Fsp3) is 0.559. The lowest BCUT2D eigenvalue weighted by atomic mass is 9.80. The maximum atomic E-state index is 13.8. The number of benzene rings is 2. The summed E-state index contributed by atoms with van der Waals surface area (Å²) in [6.07, 6.45) is 5.99. The van der Waals surface area contributed by atoms with Gasteiger partial charge in [-0.25, -0.2) is 0 Å². The molecule has 10 nitrogen and oxygen atoms in total. The number of nitrogens with one attached hydrogen (secondary N) is 2. The topological polar surface area (TPSA) is 120 Å². The van der Waals surface area contributed by atoms with E-state index in [1.54, 1.807) is 25.2 Å². The van der Waals surface area contributed by atoms with Crippen molar-refractivity contribution in [3.63, 3.8) is 0 Å². The van der Waals surface area contributed by atoms with Gasteiger partial charge in [0.2, 0.25) is 11.8 Å². The van der Waals surface area contributed by atoms with Crippen LogP contribution in [0.2, 0.25) is 0 Å². The average Bonchev–Trinajstić information content (AvgIpc) is 3.59. The normalized spacial score (nSPS) is 20.8. The number of nitrogens with zero attached hydrogens (tertiary/aromatic N) is 2. The van der Waals surface area contributed by atoms with Gasteiger partial charge in [0.15, 0.2) is 11.5 Å². The van der Waals surface area contributed by atoms with Gasteiger partial charge in [-0.15, -0.1) is 12.4 Å². The minimum absolute atomic E-state index is 0. The third-order valence-corrected chi connectivity index (χ3v) is 9.61. The molecule has 2 atom stereocenters. The molecule has 5 rings (SSSR count). The van der Waals surface area contributed by atoms with E-state index in [4.69, 9.17) is 9.47 Å². The van der Waals surface area contributed by atoms with Crippen LogP contribution in [-0.4, -0.2) is 84.1 Å². The number of piperidine rings is 1. The first-order valence-electron chi connectivity index (χ1n) is 16.0. The van der Waals surface area contributed by atoms with Crippen LogP contribution < -0.4 is 20.1 Å². The molecule has 3 amide bonds. The number of halogens is 1. The number of carbonyl (C=O) groups excluding carboxylic acids is 3. The van der Waals surface area contributed by atoms with Gasteiger partial charge in [0.25, 0.3) is 5.91 Å². The highest BCUT2D eigenvalue weighted by Gasteiger charge is 2.55. The highest BCUT2D eigenvalue weighted by Crippen LogP contribution is 2.37. The largest absolute Gasteiger partial charge is 0.493 e. The first-order chi connectivity index (χ1) is 21.3. The Morgan fingerprint density at radius 1 is 1.09 bits per heavy atom. The predicted molar refractivity (Wildman–Crippen MR) is 174 cm³/mol. The van der Waals surface area contributed by atoms with Gasteiger partial charge in [0.1, 0.15) is 17.3 Å². The molecule has 45 heavy (non-hydrogen) atoms. The summed E-state index contributed by atoms with van der Waals surface area (Å²) in [4.78, 5) is 43.6. The van der Waals surface area contributed by atoms with Gasteiger partial charge in [-0.1, -0.05) is 38.3 Å². The van der Waals surface area contributed by atoms with Crippen LogP contribution in [0.15, 0.2) is 42.5 Å². The molecule has 0 radical (unpaired) electrons. The molecule has 3 fully saturated rings. The van der Waals surface area contributed by atoms with Gasteiger partial charge < -0.3 is 30.1 Å². The Labute approximate surface area is 272 Å². The van der Waals surface area contributed by atoms with E-state index >= 15 is 0 Å². The molecule has 1 saturated carbocycles. The molecule has 246 valence electrons. The van der Waals surface area contributed by atoms with Crippen molar-refractivity contribution in [2.75, 3.05) is 33.8 Å². The number of likely N-dealkylation sites (tertiary alicyclic amines) is 1. The third kappa shape index (κ3) is 7.39. The Morgan fingerprint density at radius 2 is 1.78 bits per heavy atom. The highest BCUT2D eigenvalue weighted by atomic mass is 35.5. The van der Waals surface area contributed by atoms with E-state index in [1.807, 2.05) is 29.2 Å². The average molecular weight is 643 g/mol. The summed E-state index contributed by atoms with van der Waals surface area (Å²) in [5.74, 6) is 1.26. The number of methoxy groups -OCH3 is 1. The molecule has 2 aliphatic heterocycles. The molecule has 0 bridgehead atoms. The zero-order valence-electron chi connectivity index (χ0n) is 26.5. The van der Waals surface area contributed by atoms with Gasteiger partial charge >= 0.3 is 0 Å². The van der Waals surface area contributed by atoms with Crippen LogP contribution in [0.4, 0.5) is 0 Å². The SMILES string of the molecule is CCCCN1C(=O)[C@@H](C(O)C2CCCC2)NC(=O)C12CCN(Cc1ccc(Oc3ccc(C(=O)NC)cc3OC)cc1)CC2.Cl. The van der Waals surface area contributed by atoms with Crippen LogP contribution in [-0.2, 0) is 16.1 Å². The number of aliphatic hydroxyl groups is 1. The summed E-state index contributed by atoms with van der Waals surface area (Å²) in [5.41, 5.74) is 0.737. The van der Waals surface area contributed by atoms with E-state index in [0.717, 1.165) is 44.1 Å². The van der Waals surface area contributed by atoms with Crippen molar-refractivity contribution in [1.29, 1.82) is 0 Å². The lowest BCUT2D eigenvalue weighted by Crippen LogP contribution is -2.75. The number of carbonyl (C=O) groups is 3. The van der Waals surface area contributed by atoms with Gasteiger partial charge in [-0.3, -0.25) is 19.3 Å². The molecule has 0 aromatic heterocycles. The van der Waals surface area contributed by atoms with Gasteiger partial charge in [-0.2, -0.15) is 0 Å². The first-order valence-corrected chi connectivity index (χ1v) is 16.0. The molecule has 1 aliphatic carbocycles. The van der Waals surface area contributed by atoms with Crippen molar-refractivity contribution in [2.24, 2.45) is 5.92 Å². The molecular formula is C34H47ClN4O6. The van der Waals surface area contributed by atoms with E-state index in [0.29, 0.717) is 61.8 Å². The molecule has 2 heterocycles. The first kappa shape index (κ1) is 34.5. The van der Waals surface area contributed by atoms with Crippen molar-refractivity contribution in [2.45, 2.75) is 82.5 Å². The second kappa shape index (κ2) is 15.3. The standard InChI is InChI=1S/C34H46N4O6.ClH/c1-4-5-18-38-32(41)29(30(39)24-8-6-7-9-24)36-33(42)34(38)16-19-37(20-17-34)22-23-10-13-26(14-11-23)44-27-15-12-25(31(40)35-2)21-28(27)43-3;/h10-15,21,24,29-30,39H,4-9,16-20,22H2,1-3H3,(H,35,40)(H,36,42);1H/t29-,30?;/m1./s1. The van der Waals surface area contributed by atoms with Crippen molar-refractivity contribution < 1.29 is 29.0 Å². The van der Waals surface area contributed by atoms with Crippen molar-refractivity contribution in [3.05, 3.63) is 53.6 Å². The monoisotopic (exact) mass is 642 g/mol. The number of rotatable bonds is 11. The van der Waals surface area contributed by atoms with Crippen LogP contribution in [0.3, 0.4) is 0 Å². The molecule has 3 aliphatic rings. The molecule has 2 aromatic rings. The number of unbranched alkanes of at least 4 members (excludes halogenated alkanes) is 1. The summed E-state index contributed by atoms with van der Waals surface area (Å²) in [7, 11) is 3.12. The summed E-state index contributed by atoms with van der Waals surface area (Å²) in [5, 5.41) is 16.6. The number of ether oxygens (including phenoxy) is 2. The second-order valence-electron chi connectivity index (χ2n) is 12.3. The molecule has 1 unspecified atom stereocenters. The fourth-order valence-electron chi connectivity index (χ4n) is 6.95. The molecule has 2 aromatic carbocycles. The summed E-state index contributed by atoms with van der Waals surface area (Å²) in [6.45, 7) is 4.72. The number of aliphatic hydroxyl groups excluding tert-OH is 1. The van der Waals surface area contributed by atoms with Crippen LogP contribution in [0.25, 0.3) is 0 Å². The highest BCUT2D eigenvalue weighted by molar-refractivity contribution is 6.00. The van der Waals surface area contributed by atoms with E-state index in [2.05, 4.69) is 22.5 Å². The quantitative estimate of drug-likeness (QED) is 0.335. The van der Waals surface area contributed by atoms with Crippen LogP contribution in [0.1, 0.15) is 74.2 Å². The molecule has 2 saturated heterocycles. The fourth-order valence-corrected chi connectivity index (χ4v) is 6.95. The minimum Gasteiger partial charge on any atom is -0.493 e. The van der Waals surface area contributed by atoms with E-state index in [-0.39, 0.29) is 36.0 Å². The smallest absolute Gasteiger partial charge is 0.251 e. The number of hydrogen-bond donors (Lipinski definition) is 3. The van der Waals surface area contributed by atoms with Crippen molar-refractivity contribution in [3.8, 4) is 17.2 Å². The van der Waals surface area contributed by atoms with E-state index in [9.17, 15) is 19.5 Å². The lowest BCUT2D eigenvalue weighted by Gasteiger charge is -2.52. The molecule has 1 spiro atoms. The van der Waals surface area contributed by atoms with Crippen LogP contribution >= 0.6 is 12.4 Å². The zero-order valence-corrected chi connectivity index (χ0v) is 27.4. The summed E-state index contributed by atoms with van der Waals surface area (Å²) in [6, 6.07) is 12.1. The maximum absolute atomic E-state index is 13.8. The van der Waals surface area contributed by atoms with Gasteiger partial charge in [-0.05, 0) is 73.9 Å². The lowest BCUT2D eigenvalue weighted by molar-refractivity contribution is -0.165. The predicted octanol–water partition coefficient (Wildman–Crippen LogP) is 4.28. The van der Waals surface area contributed by atoms with Crippen LogP contribution in [0.5, 0.6) is 17.2 Å². The number of amides is 3. The molecule has 3 N–H and O–H groups in total. The molecule has 11 heteroatoms. The minimum atomic E-state index is -0.862. The van der Waals surface area contributed by atoms with E-state index in [1.165, 1.54) is 7.11 Å². The van der Waals surface area contributed by atoms with E-state index < -0.39 is 17.7 Å². The molecular weight excluding hydrogens is 596 g/mol. The Balaban J connectivity index is 0.00000461. The van der Waals surface area contributed by atoms with Crippen molar-refractivity contribution >= 4 is 30.1 Å². The van der Waals surface area contributed by atoms with Gasteiger partial charge in [0, 0.05) is 38.8 Å². The second-order valence-corrected chi connectivity index (χ2v) is 12.3. The summed E-state index contributed by atoms with van der Waals surface area (Å²) >= 11 is 0. The zero-order chi connectivity index (χ0) is 31.3.